The summed E-state index contributed by atoms with van der Waals surface area (Å²) in [5, 5.41) is 4.23. The Labute approximate surface area is 150 Å². The van der Waals surface area contributed by atoms with E-state index in [4.69, 9.17) is 21.1 Å². The lowest BCUT2D eigenvalue weighted by molar-refractivity contribution is 0.0954. The van der Waals surface area contributed by atoms with Gasteiger partial charge in [0.2, 0.25) is 0 Å². The van der Waals surface area contributed by atoms with Crippen LogP contribution in [-0.2, 0) is 0 Å². The smallest absolute Gasteiger partial charge is 0.271 e. The Balaban J connectivity index is 2.16. The number of hydrogen-bond acceptors (Lipinski definition) is 4. The van der Waals surface area contributed by atoms with E-state index in [2.05, 4.69) is 10.5 Å². The SMILES string of the molecule is CCOc1ccc(C(=O)N/N=C(/C)c2ccc(F)cc2Cl)cc1OC. The van der Waals surface area contributed by atoms with Crippen molar-refractivity contribution in [2.24, 2.45) is 5.10 Å². The van der Waals surface area contributed by atoms with Gasteiger partial charge < -0.3 is 9.47 Å². The lowest BCUT2D eigenvalue weighted by Gasteiger charge is -2.10. The molecule has 7 heteroatoms. The molecule has 0 fully saturated rings. The fourth-order valence-corrected chi connectivity index (χ4v) is 2.43. The van der Waals surface area contributed by atoms with E-state index < -0.39 is 11.7 Å². The summed E-state index contributed by atoms with van der Waals surface area (Å²) < 4.78 is 23.7. The van der Waals surface area contributed by atoms with Crippen molar-refractivity contribution in [3.05, 3.63) is 58.4 Å². The molecule has 2 rings (SSSR count). The molecule has 1 amide bonds. The summed E-state index contributed by atoms with van der Waals surface area (Å²) in [4.78, 5) is 12.2. The maximum absolute atomic E-state index is 13.1. The molecule has 0 aliphatic carbocycles. The number of benzene rings is 2. The van der Waals surface area contributed by atoms with E-state index in [0.29, 0.717) is 34.9 Å². The average molecular weight is 365 g/mol. The molecule has 0 saturated heterocycles. The van der Waals surface area contributed by atoms with E-state index in [1.807, 2.05) is 6.92 Å². The van der Waals surface area contributed by atoms with Gasteiger partial charge in [0.1, 0.15) is 5.82 Å². The molecule has 1 N–H and O–H groups in total. The molecule has 0 spiro atoms. The highest BCUT2D eigenvalue weighted by molar-refractivity contribution is 6.34. The van der Waals surface area contributed by atoms with E-state index in [-0.39, 0.29) is 5.02 Å². The van der Waals surface area contributed by atoms with Crippen molar-refractivity contribution in [1.29, 1.82) is 0 Å². The van der Waals surface area contributed by atoms with Gasteiger partial charge in [-0.25, -0.2) is 9.82 Å². The second kappa shape index (κ2) is 8.48. The van der Waals surface area contributed by atoms with Gasteiger partial charge in [-0.05, 0) is 50.2 Å². The second-order valence-electron chi connectivity index (χ2n) is 5.06. The van der Waals surface area contributed by atoms with Crippen LogP contribution >= 0.6 is 11.6 Å². The van der Waals surface area contributed by atoms with Gasteiger partial charge in [0.05, 0.1) is 24.5 Å². The average Bonchev–Trinajstić information content (AvgIpc) is 2.60. The van der Waals surface area contributed by atoms with E-state index in [0.717, 1.165) is 0 Å². The van der Waals surface area contributed by atoms with Gasteiger partial charge >= 0.3 is 0 Å². The van der Waals surface area contributed by atoms with Gasteiger partial charge in [0.15, 0.2) is 11.5 Å². The van der Waals surface area contributed by atoms with Crippen LogP contribution in [0.3, 0.4) is 0 Å². The van der Waals surface area contributed by atoms with Crippen LogP contribution in [0.1, 0.15) is 29.8 Å². The Hall–Kier alpha value is -2.60. The molecule has 5 nitrogen and oxygen atoms in total. The van der Waals surface area contributed by atoms with E-state index >= 15 is 0 Å². The van der Waals surface area contributed by atoms with Gasteiger partial charge in [-0.2, -0.15) is 5.10 Å². The first-order valence-electron chi connectivity index (χ1n) is 7.57. The number of rotatable bonds is 6. The van der Waals surface area contributed by atoms with Gasteiger partial charge in [0.25, 0.3) is 5.91 Å². The molecule has 2 aromatic rings. The van der Waals surface area contributed by atoms with Crippen molar-refractivity contribution < 1.29 is 18.7 Å². The number of hydrazone groups is 1. The van der Waals surface area contributed by atoms with Gasteiger partial charge in [0, 0.05) is 11.1 Å². The maximum atomic E-state index is 13.1. The predicted octanol–water partition coefficient (Wildman–Crippen LogP) is 4.04. The van der Waals surface area contributed by atoms with Gasteiger partial charge in [-0.1, -0.05) is 11.6 Å². The second-order valence-corrected chi connectivity index (χ2v) is 5.47. The van der Waals surface area contributed by atoms with Crippen molar-refractivity contribution in [3.8, 4) is 11.5 Å². The van der Waals surface area contributed by atoms with Crippen LogP contribution in [0.15, 0.2) is 41.5 Å². The third kappa shape index (κ3) is 4.70. The zero-order chi connectivity index (χ0) is 18.4. The summed E-state index contributed by atoms with van der Waals surface area (Å²) in [7, 11) is 1.50. The molecule has 0 bridgehead atoms. The van der Waals surface area contributed by atoms with Crippen LogP contribution in [0.4, 0.5) is 4.39 Å². The Morgan fingerprint density at radius 2 is 2.00 bits per heavy atom. The summed E-state index contributed by atoms with van der Waals surface area (Å²) >= 11 is 5.98. The van der Waals surface area contributed by atoms with E-state index in [1.165, 1.54) is 25.3 Å². The van der Waals surface area contributed by atoms with Crippen LogP contribution in [0.5, 0.6) is 11.5 Å². The minimum Gasteiger partial charge on any atom is -0.493 e. The molecular formula is C18H18ClFN2O3. The van der Waals surface area contributed by atoms with Gasteiger partial charge in [-0.3, -0.25) is 4.79 Å². The maximum Gasteiger partial charge on any atom is 0.271 e. The lowest BCUT2D eigenvalue weighted by Crippen LogP contribution is -2.19. The van der Waals surface area contributed by atoms with Gasteiger partial charge in [-0.15, -0.1) is 0 Å². The molecular weight excluding hydrogens is 347 g/mol. The first-order chi connectivity index (χ1) is 12.0. The quantitative estimate of drug-likeness (QED) is 0.621. The number of hydrogen-bond donors (Lipinski definition) is 1. The number of carbonyl (C=O) groups excluding carboxylic acids is 1. The van der Waals surface area contributed by atoms with Crippen LogP contribution < -0.4 is 14.9 Å². The Bertz CT molecular complexity index is 809. The Morgan fingerprint density at radius 3 is 2.64 bits per heavy atom. The number of halogens is 2. The number of nitrogens with one attached hydrogen (secondary N) is 1. The fraction of sp³-hybridized carbons (Fsp3) is 0.222. The third-order valence-electron chi connectivity index (χ3n) is 3.37. The highest BCUT2D eigenvalue weighted by Gasteiger charge is 2.11. The minimum absolute atomic E-state index is 0.221. The largest absolute Gasteiger partial charge is 0.493 e. The molecule has 0 aromatic heterocycles. The summed E-state index contributed by atoms with van der Waals surface area (Å²) in [6.45, 7) is 4.01. The third-order valence-corrected chi connectivity index (χ3v) is 3.68. The van der Waals surface area contributed by atoms with Crippen molar-refractivity contribution in [2.75, 3.05) is 13.7 Å². The Morgan fingerprint density at radius 1 is 1.24 bits per heavy atom. The summed E-state index contributed by atoms with van der Waals surface area (Å²) in [5.41, 5.74) is 3.79. The normalized spacial score (nSPS) is 11.2. The monoisotopic (exact) mass is 364 g/mol. The van der Waals surface area contributed by atoms with Crippen LogP contribution in [0.25, 0.3) is 0 Å². The van der Waals surface area contributed by atoms with Crippen molar-refractivity contribution in [3.63, 3.8) is 0 Å². The molecule has 0 radical (unpaired) electrons. The minimum atomic E-state index is -0.438. The van der Waals surface area contributed by atoms with E-state index in [1.54, 1.807) is 25.1 Å². The molecule has 25 heavy (non-hydrogen) atoms. The number of amides is 1. The number of ether oxygens (including phenoxy) is 2. The molecule has 0 unspecified atom stereocenters. The molecule has 0 heterocycles. The molecule has 132 valence electrons. The topological polar surface area (TPSA) is 59.9 Å². The standard InChI is InChI=1S/C18H18ClFN2O3/c1-4-25-16-8-5-12(9-17(16)24-3)18(23)22-21-11(2)14-7-6-13(20)10-15(14)19/h5-10H,4H2,1-3H3,(H,22,23)/b21-11-. The molecule has 0 saturated carbocycles. The zero-order valence-electron chi connectivity index (χ0n) is 14.1. The first kappa shape index (κ1) is 18.7. The molecule has 2 aromatic carbocycles. The highest BCUT2D eigenvalue weighted by Crippen LogP contribution is 2.28. The number of methoxy groups -OCH3 is 1. The van der Waals surface area contributed by atoms with Crippen LogP contribution in [0.2, 0.25) is 5.02 Å². The number of carbonyl (C=O) groups is 1. The van der Waals surface area contributed by atoms with Crippen LogP contribution in [-0.4, -0.2) is 25.3 Å². The zero-order valence-corrected chi connectivity index (χ0v) is 14.9. The highest BCUT2D eigenvalue weighted by atomic mass is 35.5. The first-order valence-corrected chi connectivity index (χ1v) is 7.95. The molecule has 0 aliphatic heterocycles. The van der Waals surface area contributed by atoms with Crippen molar-refractivity contribution >= 4 is 23.2 Å². The number of nitrogens with zero attached hydrogens (tertiary/aromatic N) is 1. The summed E-state index contributed by atoms with van der Waals surface area (Å²) in [5.74, 6) is 0.155. The predicted molar refractivity (Wildman–Crippen MR) is 95.3 cm³/mol. The molecule has 0 aliphatic rings. The van der Waals surface area contributed by atoms with Crippen molar-refractivity contribution in [2.45, 2.75) is 13.8 Å². The fourth-order valence-electron chi connectivity index (χ4n) is 2.13. The van der Waals surface area contributed by atoms with E-state index in [9.17, 15) is 9.18 Å². The summed E-state index contributed by atoms with van der Waals surface area (Å²) in [6.07, 6.45) is 0. The Kier molecular flexibility index (Phi) is 6.36. The lowest BCUT2D eigenvalue weighted by atomic mass is 10.1. The van der Waals surface area contributed by atoms with Crippen LogP contribution in [0, 0.1) is 5.82 Å². The summed E-state index contributed by atoms with van der Waals surface area (Å²) in [6, 6.07) is 8.80. The van der Waals surface area contributed by atoms with Crippen molar-refractivity contribution in [1.82, 2.24) is 5.43 Å². The molecule has 0 atom stereocenters.